The molecule has 4 heteroatoms. The van der Waals surface area contributed by atoms with Crippen LogP contribution in [0.4, 0.5) is 4.39 Å². The van der Waals surface area contributed by atoms with Gasteiger partial charge >= 0.3 is 0 Å². The van der Waals surface area contributed by atoms with E-state index in [2.05, 4.69) is 27.6 Å². The molecule has 2 N–H and O–H groups in total. The number of hydrogen-bond donors (Lipinski definition) is 1. The van der Waals surface area contributed by atoms with E-state index in [9.17, 15) is 4.39 Å². The van der Waals surface area contributed by atoms with Crippen molar-refractivity contribution in [3.8, 4) is 0 Å². The summed E-state index contributed by atoms with van der Waals surface area (Å²) in [6.07, 6.45) is 2.95. The summed E-state index contributed by atoms with van der Waals surface area (Å²) in [5, 5.41) is 0.932. The Morgan fingerprint density at radius 3 is 2.78 bits per heavy atom. The number of nitrogens with zero attached hydrogens (tertiary/aromatic N) is 1. The van der Waals surface area contributed by atoms with E-state index < -0.39 is 0 Å². The molecule has 0 spiro atoms. The van der Waals surface area contributed by atoms with Gasteiger partial charge < -0.3 is 5.73 Å². The second kappa shape index (κ2) is 5.93. The minimum absolute atomic E-state index is 0.235. The Kier molecular flexibility index (Phi) is 4.50. The highest BCUT2D eigenvalue weighted by atomic mass is 127. The van der Waals surface area contributed by atoms with E-state index in [1.165, 1.54) is 11.6 Å². The van der Waals surface area contributed by atoms with Crippen molar-refractivity contribution in [2.45, 2.75) is 26.2 Å². The molecule has 0 bridgehead atoms. The van der Waals surface area contributed by atoms with Crippen molar-refractivity contribution in [1.82, 2.24) is 4.98 Å². The van der Waals surface area contributed by atoms with Crippen molar-refractivity contribution in [3.05, 3.63) is 38.8 Å². The average molecular weight is 358 g/mol. The number of rotatable bonds is 4. The Bertz CT molecular complexity index is 569. The van der Waals surface area contributed by atoms with Gasteiger partial charge in [0, 0.05) is 14.7 Å². The maximum Gasteiger partial charge on any atom is 0.150 e. The summed E-state index contributed by atoms with van der Waals surface area (Å²) in [5.41, 5.74) is 8.03. The molecule has 2 rings (SSSR count). The molecule has 2 nitrogen and oxygen atoms in total. The third-order valence-electron chi connectivity index (χ3n) is 2.95. The Morgan fingerprint density at radius 1 is 1.28 bits per heavy atom. The molecule has 18 heavy (non-hydrogen) atoms. The van der Waals surface area contributed by atoms with E-state index in [0.717, 1.165) is 33.9 Å². The van der Waals surface area contributed by atoms with E-state index in [-0.39, 0.29) is 5.82 Å². The van der Waals surface area contributed by atoms with E-state index in [1.807, 2.05) is 19.1 Å². The monoisotopic (exact) mass is 358 g/mol. The van der Waals surface area contributed by atoms with Crippen LogP contribution in [0.5, 0.6) is 0 Å². The van der Waals surface area contributed by atoms with Crippen molar-refractivity contribution in [2.75, 3.05) is 6.54 Å². The quantitative estimate of drug-likeness (QED) is 0.671. The number of benzene rings is 1. The minimum Gasteiger partial charge on any atom is -0.330 e. The van der Waals surface area contributed by atoms with E-state index in [4.69, 9.17) is 5.73 Å². The SMILES string of the molecule is Cc1cc(CCCCN)c2cc(I)cc(F)c2n1. The topological polar surface area (TPSA) is 38.9 Å². The number of pyridine rings is 1. The highest BCUT2D eigenvalue weighted by Crippen LogP contribution is 2.25. The molecule has 1 aromatic heterocycles. The van der Waals surface area contributed by atoms with Crippen molar-refractivity contribution in [1.29, 1.82) is 0 Å². The first-order valence-electron chi connectivity index (χ1n) is 6.07. The standard InChI is InChI=1S/C14H16FIN2/c1-9-6-10(4-2-3-5-17)12-7-11(16)8-13(15)14(12)18-9/h6-8H,2-5,17H2,1H3. The van der Waals surface area contributed by atoms with Gasteiger partial charge in [-0.15, -0.1) is 0 Å². The molecule has 0 atom stereocenters. The Labute approximate surface area is 120 Å². The zero-order valence-corrected chi connectivity index (χ0v) is 12.5. The summed E-state index contributed by atoms with van der Waals surface area (Å²) in [6.45, 7) is 2.61. The van der Waals surface area contributed by atoms with Crippen LogP contribution < -0.4 is 5.73 Å². The Morgan fingerprint density at radius 2 is 2.06 bits per heavy atom. The fourth-order valence-electron chi connectivity index (χ4n) is 2.13. The van der Waals surface area contributed by atoms with Crippen LogP contribution in [0.3, 0.4) is 0 Å². The first-order chi connectivity index (χ1) is 8.61. The molecule has 0 saturated heterocycles. The van der Waals surface area contributed by atoms with Crippen LogP contribution in [0.1, 0.15) is 24.1 Å². The summed E-state index contributed by atoms with van der Waals surface area (Å²) in [4.78, 5) is 4.30. The van der Waals surface area contributed by atoms with Crippen LogP contribution in [0, 0.1) is 16.3 Å². The first kappa shape index (κ1) is 13.7. The normalized spacial score (nSPS) is 11.1. The summed E-state index contributed by atoms with van der Waals surface area (Å²) in [6, 6.07) is 5.58. The van der Waals surface area contributed by atoms with Crippen LogP contribution in [-0.4, -0.2) is 11.5 Å². The van der Waals surface area contributed by atoms with Gasteiger partial charge in [0.1, 0.15) is 11.3 Å². The summed E-state index contributed by atoms with van der Waals surface area (Å²) >= 11 is 2.14. The van der Waals surface area contributed by atoms with Crippen LogP contribution in [-0.2, 0) is 6.42 Å². The van der Waals surface area contributed by atoms with Crippen molar-refractivity contribution in [2.24, 2.45) is 5.73 Å². The van der Waals surface area contributed by atoms with Gasteiger partial charge in [-0.25, -0.2) is 4.39 Å². The third kappa shape index (κ3) is 2.98. The molecule has 0 aliphatic heterocycles. The number of aromatic nitrogens is 1. The maximum atomic E-state index is 13.9. The lowest BCUT2D eigenvalue weighted by molar-refractivity contribution is 0.635. The molecule has 0 unspecified atom stereocenters. The van der Waals surface area contributed by atoms with Gasteiger partial charge in [-0.1, -0.05) is 0 Å². The second-order valence-corrected chi connectivity index (χ2v) is 5.70. The molecule has 0 radical (unpaired) electrons. The molecule has 0 aliphatic carbocycles. The number of hydrogen-bond acceptors (Lipinski definition) is 2. The molecule has 0 saturated carbocycles. The zero-order valence-electron chi connectivity index (χ0n) is 10.3. The predicted molar refractivity (Wildman–Crippen MR) is 81.1 cm³/mol. The number of nitrogens with two attached hydrogens (primary N) is 1. The highest BCUT2D eigenvalue weighted by molar-refractivity contribution is 14.1. The molecule has 0 amide bonds. The van der Waals surface area contributed by atoms with Crippen LogP contribution in [0.2, 0.25) is 0 Å². The predicted octanol–water partition coefficient (Wildman–Crippen LogP) is 3.57. The number of aryl methyl sites for hydroxylation is 2. The van der Waals surface area contributed by atoms with Gasteiger partial charge in [-0.05, 0) is 79.1 Å². The van der Waals surface area contributed by atoms with E-state index in [1.54, 1.807) is 0 Å². The van der Waals surface area contributed by atoms with Crippen LogP contribution >= 0.6 is 22.6 Å². The lowest BCUT2D eigenvalue weighted by atomic mass is 10.0. The molecule has 0 aliphatic rings. The number of halogens is 2. The van der Waals surface area contributed by atoms with Gasteiger partial charge in [-0.2, -0.15) is 0 Å². The van der Waals surface area contributed by atoms with Gasteiger partial charge in [0.2, 0.25) is 0 Å². The lowest BCUT2D eigenvalue weighted by Crippen LogP contribution is -2.00. The lowest BCUT2D eigenvalue weighted by Gasteiger charge is -2.09. The Balaban J connectivity index is 2.50. The third-order valence-corrected chi connectivity index (χ3v) is 3.57. The number of unbranched alkanes of at least 4 members (excludes halogenated alkanes) is 1. The van der Waals surface area contributed by atoms with E-state index in [0.29, 0.717) is 12.1 Å². The van der Waals surface area contributed by atoms with Gasteiger partial charge in [0.05, 0.1) is 0 Å². The Hall–Kier alpha value is -0.750. The summed E-state index contributed by atoms with van der Waals surface area (Å²) in [7, 11) is 0. The minimum atomic E-state index is -0.235. The van der Waals surface area contributed by atoms with Crippen molar-refractivity contribution >= 4 is 33.5 Å². The maximum absolute atomic E-state index is 13.9. The fourth-order valence-corrected chi connectivity index (χ4v) is 2.71. The van der Waals surface area contributed by atoms with Crippen LogP contribution in [0.25, 0.3) is 10.9 Å². The summed E-state index contributed by atoms with van der Waals surface area (Å²) < 4.78 is 14.8. The first-order valence-corrected chi connectivity index (χ1v) is 7.15. The highest BCUT2D eigenvalue weighted by Gasteiger charge is 2.09. The molecular formula is C14H16FIN2. The van der Waals surface area contributed by atoms with Crippen molar-refractivity contribution < 1.29 is 4.39 Å². The fraction of sp³-hybridized carbons (Fsp3) is 0.357. The summed E-state index contributed by atoms with van der Waals surface area (Å²) in [5.74, 6) is -0.235. The molecule has 2 aromatic rings. The molecule has 1 heterocycles. The molecule has 96 valence electrons. The largest absolute Gasteiger partial charge is 0.330 e. The molecular weight excluding hydrogens is 342 g/mol. The number of fused-ring (bicyclic) bond motifs is 1. The molecule has 0 fully saturated rings. The van der Waals surface area contributed by atoms with Gasteiger partial charge in [0.15, 0.2) is 0 Å². The van der Waals surface area contributed by atoms with Crippen molar-refractivity contribution in [3.63, 3.8) is 0 Å². The van der Waals surface area contributed by atoms with Gasteiger partial charge in [-0.3, -0.25) is 4.98 Å². The smallest absolute Gasteiger partial charge is 0.150 e. The van der Waals surface area contributed by atoms with Gasteiger partial charge in [0.25, 0.3) is 0 Å². The van der Waals surface area contributed by atoms with Crippen LogP contribution in [0.15, 0.2) is 18.2 Å². The average Bonchev–Trinajstić information content (AvgIpc) is 2.31. The zero-order chi connectivity index (χ0) is 13.1. The molecule has 1 aromatic carbocycles. The second-order valence-electron chi connectivity index (χ2n) is 4.45. The van der Waals surface area contributed by atoms with E-state index >= 15 is 0 Å².